The Labute approximate surface area is 210 Å². The molecule has 0 saturated carbocycles. The molecular formula is C22H24MnN2O10+2. The molecule has 2 atom stereocenters. The van der Waals surface area contributed by atoms with Crippen LogP contribution in [0.25, 0.3) is 0 Å². The molecule has 2 aromatic rings. The number of rotatable bonds is 13. The molecule has 0 heterocycles. The normalized spacial score (nSPS) is 12.5. The fourth-order valence-corrected chi connectivity index (χ4v) is 3.61. The molecule has 0 fully saturated rings. The Kier molecular flexibility index (Phi) is 11.2. The van der Waals surface area contributed by atoms with Crippen molar-refractivity contribution in [2.75, 3.05) is 26.2 Å². The minimum absolute atomic E-state index is 0. The number of phenolic OH excluding ortho intramolecular Hbond substituents is 2. The van der Waals surface area contributed by atoms with E-state index >= 15 is 0 Å². The number of carboxylic acids is 4. The van der Waals surface area contributed by atoms with Crippen molar-refractivity contribution in [3.05, 3.63) is 59.7 Å². The minimum atomic E-state index is -1.61. The van der Waals surface area contributed by atoms with Crippen molar-refractivity contribution in [3.63, 3.8) is 0 Å². The topological polar surface area (TPSA) is 196 Å². The number of hydrogen-bond acceptors (Lipinski definition) is 8. The van der Waals surface area contributed by atoms with E-state index in [1.165, 1.54) is 48.5 Å². The number of phenols is 2. The number of aromatic hydroxyl groups is 2. The van der Waals surface area contributed by atoms with Crippen LogP contribution in [0, 0.1) is 0 Å². The van der Waals surface area contributed by atoms with Crippen LogP contribution in [0.2, 0.25) is 0 Å². The van der Waals surface area contributed by atoms with Gasteiger partial charge in [0.2, 0.25) is 0 Å². The second-order valence-corrected chi connectivity index (χ2v) is 7.33. The van der Waals surface area contributed by atoms with Crippen molar-refractivity contribution >= 4 is 23.9 Å². The third-order valence-electron chi connectivity index (χ3n) is 5.01. The third kappa shape index (κ3) is 7.97. The van der Waals surface area contributed by atoms with Crippen LogP contribution in [0.4, 0.5) is 0 Å². The van der Waals surface area contributed by atoms with Gasteiger partial charge >= 0.3 is 40.9 Å². The molecule has 0 bridgehead atoms. The maximum Gasteiger partial charge on any atom is 2.00 e. The molecule has 0 spiro atoms. The molecule has 0 saturated heterocycles. The molecule has 0 aliphatic rings. The first kappa shape index (κ1) is 29.4. The molecule has 0 aliphatic carbocycles. The van der Waals surface area contributed by atoms with Gasteiger partial charge in [0.15, 0.2) is 0 Å². The Morgan fingerprint density at radius 3 is 1.20 bits per heavy atom. The Hall–Kier alpha value is -3.64. The second-order valence-electron chi connectivity index (χ2n) is 7.33. The summed E-state index contributed by atoms with van der Waals surface area (Å²) >= 11 is 0. The molecule has 6 N–H and O–H groups in total. The van der Waals surface area contributed by atoms with Crippen LogP contribution >= 0.6 is 0 Å². The molecule has 187 valence electrons. The molecule has 35 heavy (non-hydrogen) atoms. The Morgan fingerprint density at radius 2 is 0.943 bits per heavy atom. The van der Waals surface area contributed by atoms with Gasteiger partial charge in [-0.15, -0.1) is 0 Å². The minimum Gasteiger partial charge on any atom is -0.508 e. The van der Waals surface area contributed by atoms with E-state index in [0.29, 0.717) is 0 Å². The zero-order valence-corrected chi connectivity index (χ0v) is 19.4. The van der Waals surface area contributed by atoms with E-state index in [1.54, 1.807) is 0 Å². The third-order valence-corrected chi connectivity index (χ3v) is 5.01. The molecule has 0 aliphatic heterocycles. The summed E-state index contributed by atoms with van der Waals surface area (Å²) in [6, 6.07) is 7.68. The zero-order chi connectivity index (χ0) is 25.4. The molecule has 13 heteroatoms. The molecular weight excluding hydrogens is 507 g/mol. The van der Waals surface area contributed by atoms with Crippen molar-refractivity contribution in [1.29, 1.82) is 0 Å². The van der Waals surface area contributed by atoms with Gasteiger partial charge in [0.1, 0.15) is 23.6 Å². The van der Waals surface area contributed by atoms with Gasteiger partial charge in [-0.05, 0) is 12.1 Å². The second kappa shape index (κ2) is 13.3. The maximum absolute atomic E-state index is 12.0. The monoisotopic (exact) mass is 531 g/mol. The van der Waals surface area contributed by atoms with Gasteiger partial charge in [0, 0.05) is 24.2 Å². The van der Waals surface area contributed by atoms with Gasteiger partial charge in [0.25, 0.3) is 0 Å². The Bertz CT molecular complexity index is 981. The van der Waals surface area contributed by atoms with E-state index in [9.17, 15) is 49.8 Å². The van der Waals surface area contributed by atoms with Crippen LogP contribution in [0.1, 0.15) is 23.2 Å². The summed E-state index contributed by atoms with van der Waals surface area (Å²) in [6.07, 6.45) is 0. The van der Waals surface area contributed by atoms with Crippen LogP contribution in [0.3, 0.4) is 0 Å². The molecule has 1 radical (unpaired) electrons. The number of hydrogen-bond donors (Lipinski definition) is 6. The van der Waals surface area contributed by atoms with Gasteiger partial charge in [-0.1, -0.05) is 36.4 Å². The van der Waals surface area contributed by atoms with Crippen LogP contribution < -0.4 is 0 Å². The predicted molar refractivity (Wildman–Crippen MR) is 115 cm³/mol. The smallest absolute Gasteiger partial charge is 0.508 e. The van der Waals surface area contributed by atoms with Crippen LogP contribution in [-0.2, 0) is 36.2 Å². The number of carboxylic acid groups (broad SMARTS) is 4. The van der Waals surface area contributed by atoms with E-state index in [-0.39, 0.29) is 52.8 Å². The summed E-state index contributed by atoms with van der Waals surface area (Å²) in [5.74, 6) is -6.48. The first-order chi connectivity index (χ1) is 16.0. The van der Waals surface area contributed by atoms with E-state index in [1.807, 2.05) is 0 Å². The standard InChI is InChI=1S/C22H24N2O10.Mn/c25-15-7-3-1-5-13(15)19(21(31)32)23(11-17(27)28)9-10-24(12-18(29)30)20(22(33)34)14-6-2-4-8-16(14)26;/h1-8,19-20,25-26H,9-12H2,(H,27,28)(H,29,30)(H,31,32)(H,33,34);/q;+2/t19-,20?;/m0./s1. The number of benzene rings is 2. The average Bonchev–Trinajstić information content (AvgIpc) is 2.73. The Balaban J connectivity index is 0.00000612. The number of aliphatic carboxylic acids is 4. The first-order valence-electron chi connectivity index (χ1n) is 9.96. The van der Waals surface area contributed by atoms with Gasteiger partial charge in [-0.3, -0.25) is 29.0 Å². The number of para-hydroxylation sites is 2. The fraction of sp³-hybridized carbons (Fsp3) is 0.273. The molecule has 2 aromatic carbocycles. The molecule has 1 unspecified atom stereocenters. The van der Waals surface area contributed by atoms with Gasteiger partial charge < -0.3 is 30.6 Å². The van der Waals surface area contributed by atoms with Crippen molar-refractivity contribution in [3.8, 4) is 11.5 Å². The number of carbonyl (C=O) groups is 4. The maximum atomic E-state index is 12.0. The molecule has 2 rings (SSSR count). The van der Waals surface area contributed by atoms with E-state index < -0.39 is 49.1 Å². The molecule has 12 nitrogen and oxygen atoms in total. The molecule has 0 amide bonds. The van der Waals surface area contributed by atoms with Crippen molar-refractivity contribution in [2.24, 2.45) is 0 Å². The summed E-state index contributed by atoms with van der Waals surface area (Å²) < 4.78 is 0. The van der Waals surface area contributed by atoms with Crippen LogP contribution in [-0.4, -0.2) is 90.5 Å². The first-order valence-corrected chi connectivity index (χ1v) is 9.96. The largest absolute Gasteiger partial charge is 2.00 e. The van der Waals surface area contributed by atoms with Gasteiger partial charge in [0.05, 0.1) is 13.1 Å². The van der Waals surface area contributed by atoms with Gasteiger partial charge in [-0.25, -0.2) is 0 Å². The van der Waals surface area contributed by atoms with E-state index in [0.717, 1.165) is 9.80 Å². The predicted octanol–water partition coefficient (Wildman–Crippen LogP) is 0.820. The van der Waals surface area contributed by atoms with Crippen molar-refractivity contribution < 1.29 is 66.9 Å². The SMILES string of the molecule is O=C(O)CN(CCN(CC(=O)O)[C@H](C(=O)O)c1ccccc1O)C(C(=O)O)c1ccccc1O.[Mn+2]. The summed E-state index contributed by atoms with van der Waals surface area (Å²) in [5, 5.41) is 58.4. The van der Waals surface area contributed by atoms with Crippen LogP contribution in [0.15, 0.2) is 48.5 Å². The van der Waals surface area contributed by atoms with E-state index in [2.05, 4.69) is 0 Å². The summed E-state index contributed by atoms with van der Waals surface area (Å²) in [5.41, 5.74) is -0.173. The number of nitrogens with zero attached hydrogens (tertiary/aromatic N) is 2. The summed E-state index contributed by atoms with van der Waals surface area (Å²) in [7, 11) is 0. The zero-order valence-electron chi connectivity index (χ0n) is 18.2. The average molecular weight is 531 g/mol. The van der Waals surface area contributed by atoms with Crippen molar-refractivity contribution in [1.82, 2.24) is 9.80 Å². The summed E-state index contributed by atoms with van der Waals surface area (Å²) in [4.78, 5) is 48.9. The van der Waals surface area contributed by atoms with E-state index in [4.69, 9.17) is 0 Å². The fourth-order valence-electron chi connectivity index (χ4n) is 3.61. The van der Waals surface area contributed by atoms with Crippen molar-refractivity contribution in [2.45, 2.75) is 12.1 Å². The quantitative estimate of drug-likeness (QED) is 0.199. The van der Waals surface area contributed by atoms with Gasteiger partial charge in [-0.2, -0.15) is 0 Å². The summed E-state index contributed by atoms with van der Waals surface area (Å²) in [6.45, 7) is -2.36. The molecule has 0 aromatic heterocycles. The Morgan fingerprint density at radius 1 is 0.629 bits per heavy atom. The van der Waals surface area contributed by atoms with Crippen LogP contribution in [0.5, 0.6) is 11.5 Å².